The van der Waals surface area contributed by atoms with E-state index in [-0.39, 0.29) is 11.5 Å². The number of methoxy groups -OCH3 is 2. The molecule has 3 aromatic rings. The van der Waals surface area contributed by atoms with Crippen LogP contribution >= 0.6 is 39.3 Å². The molecular weight excluding hydrogens is 496 g/mol. The van der Waals surface area contributed by atoms with E-state index in [1.54, 1.807) is 24.3 Å². The zero-order valence-corrected chi connectivity index (χ0v) is 19.5. The van der Waals surface area contributed by atoms with Crippen LogP contribution in [0.1, 0.15) is 16.6 Å². The molecule has 1 aromatic heterocycles. The highest BCUT2D eigenvalue weighted by atomic mass is 79.9. The first kappa shape index (κ1) is 22.4. The minimum atomic E-state index is -0.552. The quantitative estimate of drug-likeness (QED) is 0.234. The number of hydrogen-bond acceptors (Lipinski definition) is 7. The van der Waals surface area contributed by atoms with Crippen molar-refractivity contribution in [2.45, 2.75) is 17.3 Å². The Labute approximate surface area is 190 Å². The fraction of sp³-hybridized carbons (Fsp3) is 0.263. The zero-order chi connectivity index (χ0) is 21.8. The van der Waals surface area contributed by atoms with Crippen molar-refractivity contribution >= 4 is 39.3 Å². The maximum absolute atomic E-state index is 11.4. The van der Waals surface area contributed by atoms with Gasteiger partial charge in [-0.25, -0.2) is 0 Å². The van der Waals surface area contributed by atoms with E-state index in [2.05, 4.69) is 26.1 Å². The normalized spacial score (nSPS) is 11.9. The number of nitrogens with zero attached hydrogens (tertiary/aromatic N) is 4. The summed E-state index contributed by atoms with van der Waals surface area (Å²) in [6.45, 7) is 1.51. The summed E-state index contributed by atoms with van der Waals surface area (Å²) in [4.78, 5) is 11.1. The van der Waals surface area contributed by atoms with Crippen LogP contribution in [0.3, 0.4) is 0 Å². The number of benzene rings is 2. The molecule has 11 heteroatoms. The second-order valence-electron chi connectivity index (χ2n) is 6.19. The Hall–Kier alpha value is -2.30. The Morgan fingerprint density at radius 1 is 1.20 bits per heavy atom. The van der Waals surface area contributed by atoms with Gasteiger partial charge in [0.1, 0.15) is 11.1 Å². The van der Waals surface area contributed by atoms with Crippen LogP contribution in [0, 0.1) is 17.0 Å². The lowest BCUT2D eigenvalue weighted by Gasteiger charge is -2.18. The maximum Gasteiger partial charge on any atom is 0.220 e. The van der Waals surface area contributed by atoms with Gasteiger partial charge in [0.05, 0.1) is 14.2 Å². The summed E-state index contributed by atoms with van der Waals surface area (Å²) in [6.07, 6.45) is 0. The zero-order valence-electron chi connectivity index (χ0n) is 16.3. The predicted molar refractivity (Wildman–Crippen MR) is 119 cm³/mol. The third-order valence-corrected chi connectivity index (χ3v) is 6.39. The number of rotatable bonds is 8. The molecule has 0 saturated carbocycles. The van der Waals surface area contributed by atoms with E-state index in [1.807, 2.05) is 23.6 Å². The van der Waals surface area contributed by atoms with Crippen LogP contribution in [0.5, 0.6) is 11.5 Å². The van der Waals surface area contributed by atoms with Gasteiger partial charge >= 0.3 is 0 Å². The highest BCUT2D eigenvalue weighted by molar-refractivity contribution is 9.10. The standard InChI is InChI=1S/C19H18BrClN4O4S/c1-11-22-23-19(25(11)13-6-4-12(21)5-7-13)30-18(10-24(26)27)14-8-16(28-2)17(29-3)9-15(14)20/h4-9,18H,10H2,1-3H3/t18-/m0/s1. The molecule has 0 aliphatic heterocycles. The van der Waals surface area contributed by atoms with E-state index in [4.69, 9.17) is 21.1 Å². The molecule has 0 fully saturated rings. The molecule has 0 aliphatic carbocycles. The minimum absolute atomic E-state index is 0.314. The Kier molecular flexibility index (Phi) is 7.22. The average molecular weight is 514 g/mol. The number of aromatic nitrogens is 3. The molecule has 1 atom stereocenters. The molecule has 0 amide bonds. The van der Waals surface area contributed by atoms with Crippen LogP contribution in [0.25, 0.3) is 5.69 Å². The largest absolute Gasteiger partial charge is 0.493 e. The lowest BCUT2D eigenvalue weighted by Crippen LogP contribution is -2.12. The molecule has 158 valence electrons. The maximum atomic E-state index is 11.4. The van der Waals surface area contributed by atoms with Gasteiger partial charge < -0.3 is 9.47 Å². The second-order valence-corrected chi connectivity index (χ2v) is 8.65. The van der Waals surface area contributed by atoms with E-state index >= 15 is 0 Å². The van der Waals surface area contributed by atoms with Crippen LogP contribution < -0.4 is 9.47 Å². The minimum Gasteiger partial charge on any atom is -0.493 e. The molecule has 0 spiro atoms. The van der Waals surface area contributed by atoms with E-state index in [0.717, 1.165) is 5.69 Å². The lowest BCUT2D eigenvalue weighted by atomic mass is 10.1. The topological polar surface area (TPSA) is 92.3 Å². The Morgan fingerprint density at radius 3 is 2.43 bits per heavy atom. The molecule has 3 rings (SSSR count). The van der Waals surface area contributed by atoms with Gasteiger partial charge in [0.2, 0.25) is 6.54 Å². The molecule has 2 aromatic carbocycles. The van der Waals surface area contributed by atoms with Crippen molar-refractivity contribution in [2.75, 3.05) is 20.8 Å². The van der Waals surface area contributed by atoms with Crippen molar-refractivity contribution in [3.05, 3.63) is 67.4 Å². The Bertz CT molecular complexity index is 1060. The first-order chi connectivity index (χ1) is 14.3. The number of hydrogen-bond donors (Lipinski definition) is 0. The van der Waals surface area contributed by atoms with Crippen molar-refractivity contribution in [3.8, 4) is 17.2 Å². The summed E-state index contributed by atoms with van der Waals surface area (Å²) in [6, 6.07) is 10.7. The molecule has 0 unspecified atom stereocenters. The molecule has 8 nitrogen and oxygen atoms in total. The predicted octanol–water partition coefficient (Wildman–Crippen LogP) is 5.12. The molecule has 0 bridgehead atoms. The monoisotopic (exact) mass is 512 g/mol. The number of aryl methyl sites for hydroxylation is 1. The molecular formula is C19H18BrClN4O4S. The van der Waals surface area contributed by atoms with E-state index in [9.17, 15) is 10.1 Å². The summed E-state index contributed by atoms with van der Waals surface area (Å²) in [7, 11) is 3.05. The van der Waals surface area contributed by atoms with Crippen LogP contribution in [-0.2, 0) is 0 Å². The van der Waals surface area contributed by atoms with Crippen molar-refractivity contribution in [1.29, 1.82) is 0 Å². The van der Waals surface area contributed by atoms with Gasteiger partial charge in [0.25, 0.3) is 0 Å². The van der Waals surface area contributed by atoms with E-state index in [1.165, 1.54) is 26.0 Å². The van der Waals surface area contributed by atoms with Gasteiger partial charge in [0.15, 0.2) is 16.7 Å². The smallest absolute Gasteiger partial charge is 0.220 e. The van der Waals surface area contributed by atoms with Gasteiger partial charge in [0, 0.05) is 20.1 Å². The van der Waals surface area contributed by atoms with Gasteiger partial charge in [-0.15, -0.1) is 10.2 Å². The number of ether oxygens (including phenoxy) is 2. The summed E-state index contributed by atoms with van der Waals surface area (Å²) < 4.78 is 13.2. The van der Waals surface area contributed by atoms with Crippen LogP contribution in [0.15, 0.2) is 46.0 Å². The summed E-state index contributed by atoms with van der Waals surface area (Å²) in [5.41, 5.74) is 1.51. The third-order valence-electron chi connectivity index (χ3n) is 4.29. The van der Waals surface area contributed by atoms with Crippen LogP contribution in [-0.4, -0.2) is 40.5 Å². The Balaban J connectivity index is 2.04. The Morgan fingerprint density at radius 2 is 1.83 bits per heavy atom. The molecule has 0 aliphatic rings. The molecule has 30 heavy (non-hydrogen) atoms. The van der Waals surface area contributed by atoms with E-state index in [0.29, 0.717) is 37.5 Å². The summed E-state index contributed by atoms with van der Waals surface area (Å²) in [5, 5.41) is 20.4. The van der Waals surface area contributed by atoms with Crippen molar-refractivity contribution in [2.24, 2.45) is 0 Å². The number of nitro groups is 1. The van der Waals surface area contributed by atoms with Gasteiger partial charge in [-0.3, -0.25) is 14.7 Å². The number of thioether (sulfide) groups is 1. The first-order valence-electron chi connectivity index (χ1n) is 8.71. The highest BCUT2D eigenvalue weighted by Gasteiger charge is 2.27. The summed E-state index contributed by atoms with van der Waals surface area (Å²) >= 11 is 10.8. The second kappa shape index (κ2) is 9.67. The van der Waals surface area contributed by atoms with E-state index < -0.39 is 5.25 Å². The van der Waals surface area contributed by atoms with Crippen molar-refractivity contribution in [3.63, 3.8) is 0 Å². The average Bonchev–Trinajstić information content (AvgIpc) is 3.07. The molecule has 0 saturated heterocycles. The van der Waals surface area contributed by atoms with Crippen LogP contribution in [0.2, 0.25) is 5.02 Å². The fourth-order valence-corrected chi connectivity index (χ4v) is 4.96. The fourth-order valence-electron chi connectivity index (χ4n) is 2.89. The SMILES string of the molecule is COc1cc(Br)c([C@H](C[N+](=O)[O-])Sc2nnc(C)n2-c2ccc(Cl)cc2)cc1OC. The van der Waals surface area contributed by atoms with Gasteiger partial charge in [-0.2, -0.15) is 0 Å². The van der Waals surface area contributed by atoms with Gasteiger partial charge in [-0.1, -0.05) is 39.3 Å². The van der Waals surface area contributed by atoms with Gasteiger partial charge in [-0.05, 0) is 48.9 Å². The molecule has 0 N–H and O–H groups in total. The molecule has 1 heterocycles. The summed E-state index contributed by atoms with van der Waals surface area (Å²) in [5.74, 6) is 1.67. The molecule has 0 radical (unpaired) electrons. The highest BCUT2D eigenvalue weighted by Crippen LogP contribution is 2.43. The lowest BCUT2D eigenvalue weighted by molar-refractivity contribution is -0.479. The van der Waals surface area contributed by atoms with Crippen molar-refractivity contribution in [1.82, 2.24) is 14.8 Å². The third kappa shape index (κ3) is 4.88. The number of halogens is 2. The first-order valence-corrected chi connectivity index (χ1v) is 10.8. The van der Waals surface area contributed by atoms with Crippen LogP contribution in [0.4, 0.5) is 0 Å². The van der Waals surface area contributed by atoms with Crippen molar-refractivity contribution < 1.29 is 14.4 Å².